The number of halogens is 1. The van der Waals surface area contributed by atoms with E-state index in [0.717, 1.165) is 6.20 Å². The van der Waals surface area contributed by atoms with Gasteiger partial charge in [-0.05, 0) is 12.1 Å². The summed E-state index contributed by atoms with van der Waals surface area (Å²) in [5.41, 5.74) is 5.66. The minimum Gasteiger partial charge on any atom is -0.497 e. The molecule has 6 nitrogen and oxygen atoms in total. The molecule has 7 heteroatoms. The first-order valence-corrected chi connectivity index (χ1v) is 5.17. The quantitative estimate of drug-likeness (QED) is 0.905. The molecule has 0 spiro atoms. The fourth-order valence-corrected chi connectivity index (χ4v) is 1.36. The van der Waals surface area contributed by atoms with Gasteiger partial charge in [-0.15, -0.1) is 0 Å². The molecule has 96 valence electrons. The van der Waals surface area contributed by atoms with Crippen LogP contribution in [0.15, 0.2) is 24.4 Å². The summed E-state index contributed by atoms with van der Waals surface area (Å²) in [6.07, 6.45) is 0.906. The summed E-state index contributed by atoms with van der Waals surface area (Å²) >= 11 is 0. The van der Waals surface area contributed by atoms with Gasteiger partial charge in [0.15, 0.2) is 0 Å². The Bertz CT molecular complexity index is 655. The molecule has 0 fully saturated rings. The Morgan fingerprint density at radius 2 is 2.05 bits per heavy atom. The maximum atomic E-state index is 13.4. The summed E-state index contributed by atoms with van der Waals surface area (Å²) < 4.78 is 23.7. The molecule has 0 unspecified atom stereocenters. The molecule has 0 saturated heterocycles. The fourth-order valence-electron chi connectivity index (χ4n) is 1.36. The molecule has 1 aromatic carbocycles. The highest BCUT2D eigenvalue weighted by atomic mass is 19.1. The lowest BCUT2D eigenvalue weighted by Gasteiger charge is -2.08. The topological polar surface area (TPSA) is 94.0 Å². The Balaban J connectivity index is 2.38. The summed E-state index contributed by atoms with van der Waals surface area (Å²) in [5.74, 6) is -0.552. The van der Waals surface area contributed by atoms with E-state index >= 15 is 0 Å². The summed E-state index contributed by atoms with van der Waals surface area (Å²) in [6.45, 7) is 0. The van der Waals surface area contributed by atoms with Gasteiger partial charge in [0.2, 0.25) is 11.8 Å². The van der Waals surface area contributed by atoms with Crippen molar-refractivity contribution in [3.05, 3.63) is 35.8 Å². The summed E-state index contributed by atoms with van der Waals surface area (Å²) in [5, 5.41) is 8.87. The van der Waals surface area contributed by atoms with Crippen molar-refractivity contribution >= 4 is 5.95 Å². The van der Waals surface area contributed by atoms with E-state index in [4.69, 9.17) is 20.5 Å². The van der Waals surface area contributed by atoms with E-state index in [1.54, 1.807) is 0 Å². The number of nitriles is 1. The molecule has 0 aliphatic carbocycles. The molecule has 0 radical (unpaired) electrons. The first-order valence-electron chi connectivity index (χ1n) is 5.17. The van der Waals surface area contributed by atoms with Crippen molar-refractivity contribution in [1.29, 1.82) is 5.26 Å². The first kappa shape index (κ1) is 12.6. The van der Waals surface area contributed by atoms with Crippen LogP contribution < -0.4 is 15.2 Å². The van der Waals surface area contributed by atoms with Gasteiger partial charge in [0.1, 0.15) is 11.5 Å². The monoisotopic (exact) mass is 260 g/mol. The van der Waals surface area contributed by atoms with Crippen molar-refractivity contribution in [2.24, 2.45) is 0 Å². The van der Waals surface area contributed by atoms with Crippen LogP contribution in [-0.2, 0) is 0 Å². The number of nitrogens with two attached hydrogens (primary N) is 1. The third-order valence-electron chi connectivity index (χ3n) is 2.19. The number of nitrogen functional groups attached to an aromatic ring is 1. The van der Waals surface area contributed by atoms with Crippen molar-refractivity contribution in [1.82, 2.24) is 9.97 Å². The molecular formula is C12H9FN4O2. The third kappa shape index (κ3) is 2.87. The first-order chi connectivity index (χ1) is 9.12. The zero-order valence-corrected chi connectivity index (χ0v) is 9.92. The molecule has 1 aromatic heterocycles. The molecule has 2 rings (SSSR count). The van der Waals surface area contributed by atoms with Gasteiger partial charge in [0.05, 0.1) is 24.9 Å². The Labute approximate surface area is 108 Å². The SMILES string of the molecule is COc1cc(C#N)cc(Oc2nc(N)ncc2F)c1. The van der Waals surface area contributed by atoms with Crippen molar-refractivity contribution < 1.29 is 13.9 Å². The van der Waals surface area contributed by atoms with Crippen LogP contribution in [0.5, 0.6) is 17.4 Å². The maximum Gasteiger partial charge on any atom is 0.260 e. The van der Waals surface area contributed by atoms with Crippen LogP contribution in [0.4, 0.5) is 10.3 Å². The number of hydrogen-bond acceptors (Lipinski definition) is 6. The lowest BCUT2D eigenvalue weighted by molar-refractivity contribution is 0.399. The Kier molecular flexibility index (Phi) is 3.43. The average Bonchev–Trinajstić information content (AvgIpc) is 2.42. The van der Waals surface area contributed by atoms with Crippen LogP contribution in [-0.4, -0.2) is 17.1 Å². The molecule has 19 heavy (non-hydrogen) atoms. The number of hydrogen-bond donors (Lipinski definition) is 1. The zero-order chi connectivity index (χ0) is 13.8. The molecule has 0 aliphatic rings. The molecule has 0 amide bonds. The smallest absolute Gasteiger partial charge is 0.260 e. The van der Waals surface area contributed by atoms with E-state index in [1.165, 1.54) is 25.3 Å². The standard InChI is InChI=1S/C12H9FN4O2/c1-18-8-2-7(5-14)3-9(4-8)19-11-10(13)6-16-12(15)17-11/h2-4,6H,1H3,(H2,15,16,17). The van der Waals surface area contributed by atoms with Crippen molar-refractivity contribution in [2.45, 2.75) is 0 Å². The van der Waals surface area contributed by atoms with E-state index in [0.29, 0.717) is 11.3 Å². The maximum absolute atomic E-state index is 13.4. The van der Waals surface area contributed by atoms with Crippen LogP contribution >= 0.6 is 0 Å². The highest BCUT2D eigenvalue weighted by Gasteiger charge is 2.10. The second kappa shape index (κ2) is 5.18. The van der Waals surface area contributed by atoms with Gasteiger partial charge >= 0.3 is 0 Å². The number of aromatic nitrogens is 2. The third-order valence-corrected chi connectivity index (χ3v) is 2.19. The van der Waals surface area contributed by atoms with Gasteiger partial charge in [-0.2, -0.15) is 14.6 Å². The lowest BCUT2D eigenvalue weighted by atomic mass is 10.2. The van der Waals surface area contributed by atoms with E-state index in [-0.39, 0.29) is 17.6 Å². The fraction of sp³-hybridized carbons (Fsp3) is 0.0833. The number of ether oxygens (including phenoxy) is 2. The molecule has 1 heterocycles. The highest BCUT2D eigenvalue weighted by Crippen LogP contribution is 2.27. The van der Waals surface area contributed by atoms with Crippen molar-refractivity contribution in [2.75, 3.05) is 12.8 Å². The second-order valence-corrected chi connectivity index (χ2v) is 3.49. The minimum atomic E-state index is -0.754. The number of benzene rings is 1. The summed E-state index contributed by atoms with van der Waals surface area (Å²) in [6, 6.07) is 6.40. The number of rotatable bonds is 3. The van der Waals surface area contributed by atoms with E-state index < -0.39 is 5.82 Å². The number of methoxy groups -OCH3 is 1. The zero-order valence-electron chi connectivity index (χ0n) is 9.92. The van der Waals surface area contributed by atoms with Crippen LogP contribution in [0.2, 0.25) is 0 Å². The van der Waals surface area contributed by atoms with Gasteiger partial charge in [-0.25, -0.2) is 4.98 Å². The van der Waals surface area contributed by atoms with Crippen LogP contribution in [0, 0.1) is 17.1 Å². The van der Waals surface area contributed by atoms with Crippen LogP contribution in [0.1, 0.15) is 5.56 Å². The van der Waals surface area contributed by atoms with E-state index in [9.17, 15) is 4.39 Å². The molecular weight excluding hydrogens is 251 g/mol. The van der Waals surface area contributed by atoms with Gasteiger partial charge < -0.3 is 15.2 Å². The van der Waals surface area contributed by atoms with Crippen LogP contribution in [0.3, 0.4) is 0 Å². The molecule has 2 N–H and O–H groups in total. The van der Waals surface area contributed by atoms with Gasteiger partial charge in [0.25, 0.3) is 5.88 Å². The predicted molar refractivity (Wildman–Crippen MR) is 64.2 cm³/mol. The number of nitrogens with zero attached hydrogens (tertiary/aromatic N) is 3. The Hall–Kier alpha value is -2.88. The van der Waals surface area contributed by atoms with Crippen LogP contribution in [0.25, 0.3) is 0 Å². The summed E-state index contributed by atoms with van der Waals surface area (Å²) in [4.78, 5) is 7.11. The largest absolute Gasteiger partial charge is 0.497 e. The normalized spacial score (nSPS) is 9.74. The predicted octanol–water partition coefficient (Wildman–Crippen LogP) is 1.87. The van der Waals surface area contributed by atoms with Crippen molar-refractivity contribution in [3.8, 4) is 23.4 Å². The Morgan fingerprint density at radius 1 is 1.32 bits per heavy atom. The second-order valence-electron chi connectivity index (χ2n) is 3.49. The molecule has 0 atom stereocenters. The lowest BCUT2D eigenvalue weighted by Crippen LogP contribution is -1.99. The molecule has 0 bridgehead atoms. The average molecular weight is 260 g/mol. The number of anilines is 1. The van der Waals surface area contributed by atoms with Crippen molar-refractivity contribution in [3.63, 3.8) is 0 Å². The van der Waals surface area contributed by atoms with E-state index in [2.05, 4.69) is 9.97 Å². The minimum absolute atomic E-state index is 0.111. The molecule has 2 aromatic rings. The molecule has 0 aliphatic heterocycles. The Morgan fingerprint density at radius 3 is 2.74 bits per heavy atom. The van der Waals surface area contributed by atoms with Gasteiger partial charge in [-0.1, -0.05) is 0 Å². The van der Waals surface area contributed by atoms with Gasteiger partial charge in [0, 0.05) is 6.07 Å². The molecule has 0 saturated carbocycles. The van der Waals surface area contributed by atoms with Gasteiger partial charge in [-0.3, -0.25) is 0 Å². The summed E-state index contributed by atoms with van der Waals surface area (Å²) in [7, 11) is 1.45. The van der Waals surface area contributed by atoms with E-state index in [1.807, 2.05) is 6.07 Å². The highest BCUT2D eigenvalue weighted by molar-refractivity contribution is 5.45.